The molecule has 1 aliphatic heterocycles. The lowest BCUT2D eigenvalue weighted by molar-refractivity contribution is -0.122. The van der Waals surface area contributed by atoms with Gasteiger partial charge in [-0.3, -0.25) is 19.8 Å². The summed E-state index contributed by atoms with van der Waals surface area (Å²) in [5.41, 5.74) is 0.0912. The highest BCUT2D eigenvalue weighted by atomic mass is 127. The number of amides is 2. The Kier molecular flexibility index (Phi) is 4.26. The van der Waals surface area contributed by atoms with Crippen molar-refractivity contribution in [1.29, 1.82) is 0 Å². The molecular weight excluding hydrogens is 434 g/mol. The van der Waals surface area contributed by atoms with Crippen LogP contribution < -0.4 is 10.2 Å². The smallest absolute Gasteiger partial charge is 0.270 e. The maximum Gasteiger partial charge on any atom is 0.270 e. The first-order valence-corrected chi connectivity index (χ1v) is 7.87. The van der Waals surface area contributed by atoms with Crippen molar-refractivity contribution in [1.82, 2.24) is 5.32 Å². The van der Waals surface area contributed by atoms with Crippen molar-refractivity contribution in [3.8, 4) is 0 Å². The first-order valence-electron chi connectivity index (χ1n) is 6.38. The summed E-state index contributed by atoms with van der Waals surface area (Å²) in [6, 6.07) is 8.73. The fourth-order valence-corrected chi connectivity index (χ4v) is 2.77. The highest BCUT2D eigenvalue weighted by Gasteiger charge is 2.34. The molecule has 0 spiro atoms. The van der Waals surface area contributed by atoms with E-state index in [4.69, 9.17) is 16.6 Å². The van der Waals surface area contributed by atoms with E-state index in [1.807, 2.05) is 22.6 Å². The molecule has 1 fully saturated rings. The van der Waals surface area contributed by atoms with E-state index in [1.54, 1.807) is 12.1 Å². The molecule has 1 N–H and O–H groups in total. The third-order valence-corrected chi connectivity index (χ3v) is 3.91. The summed E-state index contributed by atoms with van der Waals surface area (Å²) in [6.45, 7) is 0. The minimum atomic E-state index is -0.643. The van der Waals surface area contributed by atoms with Crippen molar-refractivity contribution >= 4 is 63.5 Å². The zero-order chi connectivity index (χ0) is 16.6. The molecule has 0 bridgehead atoms. The van der Waals surface area contributed by atoms with Gasteiger partial charge in [0.2, 0.25) is 0 Å². The number of nitrogens with zero attached hydrogens (tertiary/aromatic N) is 1. The number of halogens is 2. The maximum absolute atomic E-state index is 13.4. The number of carbonyl (C=O) groups is 2. The molecule has 1 saturated heterocycles. The Morgan fingerprint density at radius 3 is 2.70 bits per heavy atom. The summed E-state index contributed by atoms with van der Waals surface area (Å²) < 4.78 is 19.4. The van der Waals surface area contributed by atoms with Crippen LogP contribution in [0.5, 0.6) is 0 Å². The number of benzene rings is 1. The predicted molar refractivity (Wildman–Crippen MR) is 94.0 cm³/mol. The van der Waals surface area contributed by atoms with Gasteiger partial charge in [0.15, 0.2) is 8.88 Å². The summed E-state index contributed by atoms with van der Waals surface area (Å²) in [6.07, 6.45) is 1.33. The third-order valence-electron chi connectivity index (χ3n) is 3.05. The number of nitrogens with one attached hydrogen (secondary N) is 1. The molecule has 23 heavy (non-hydrogen) atoms. The standard InChI is InChI=1S/C15H8FIN2O3S/c16-8-2-1-3-9(6-8)19-14(21)11(13(20)18-15(19)23)7-10-4-5-12(17)22-10/h1-7H,(H,18,20,23)/b11-7+. The van der Waals surface area contributed by atoms with Crippen molar-refractivity contribution in [2.45, 2.75) is 0 Å². The van der Waals surface area contributed by atoms with Crippen LogP contribution in [0.4, 0.5) is 10.1 Å². The monoisotopic (exact) mass is 442 g/mol. The van der Waals surface area contributed by atoms with Gasteiger partial charge in [-0.2, -0.15) is 0 Å². The van der Waals surface area contributed by atoms with Crippen molar-refractivity contribution in [3.63, 3.8) is 0 Å². The van der Waals surface area contributed by atoms with Gasteiger partial charge in [-0.1, -0.05) is 6.07 Å². The average Bonchev–Trinajstić information content (AvgIpc) is 2.89. The zero-order valence-electron chi connectivity index (χ0n) is 11.4. The van der Waals surface area contributed by atoms with E-state index >= 15 is 0 Å². The molecule has 1 aliphatic rings. The molecule has 116 valence electrons. The van der Waals surface area contributed by atoms with Gasteiger partial charge in [0.25, 0.3) is 11.8 Å². The van der Waals surface area contributed by atoms with E-state index in [9.17, 15) is 14.0 Å². The molecule has 2 aromatic rings. The summed E-state index contributed by atoms with van der Waals surface area (Å²) in [5, 5.41) is 2.32. The second kappa shape index (κ2) is 6.20. The Bertz CT molecular complexity index is 862. The Morgan fingerprint density at radius 1 is 1.26 bits per heavy atom. The van der Waals surface area contributed by atoms with Gasteiger partial charge in [0.05, 0.1) is 5.69 Å². The molecular formula is C15H8FIN2O3S. The van der Waals surface area contributed by atoms with E-state index in [0.717, 1.165) is 11.0 Å². The third kappa shape index (κ3) is 3.17. The minimum Gasteiger partial charge on any atom is -0.451 e. The quantitative estimate of drug-likeness (QED) is 0.337. The van der Waals surface area contributed by atoms with Crippen molar-refractivity contribution in [2.24, 2.45) is 0 Å². The van der Waals surface area contributed by atoms with Gasteiger partial charge >= 0.3 is 0 Å². The van der Waals surface area contributed by atoms with Crippen LogP contribution in [0.2, 0.25) is 0 Å². The Balaban J connectivity index is 2.02. The maximum atomic E-state index is 13.4. The predicted octanol–water partition coefficient (Wildman–Crippen LogP) is 2.85. The van der Waals surface area contributed by atoms with E-state index in [0.29, 0.717) is 9.53 Å². The normalized spacial score (nSPS) is 16.9. The Hall–Kier alpha value is -2.07. The fraction of sp³-hybridized carbons (Fsp3) is 0. The summed E-state index contributed by atoms with van der Waals surface area (Å²) in [4.78, 5) is 25.7. The lowest BCUT2D eigenvalue weighted by atomic mass is 10.1. The lowest BCUT2D eigenvalue weighted by Gasteiger charge is -2.28. The minimum absolute atomic E-state index is 0.100. The van der Waals surface area contributed by atoms with Gasteiger partial charge in [-0.15, -0.1) is 0 Å². The summed E-state index contributed by atoms with van der Waals surface area (Å²) in [7, 11) is 0. The van der Waals surface area contributed by atoms with Crippen LogP contribution in [0, 0.1) is 9.58 Å². The molecule has 3 rings (SSSR count). The van der Waals surface area contributed by atoms with Gasteiger partial charge in [-0.05, 0) is 71.2 Å². The molecule has 8 heteroatoms. The SMILES string of the molecule is O=C1NC(=S)N(c2cccc(F)c2)C(=O)/C1=C/c1ccc(I)o1. The van der Waals surface area contributed by atoms with Crippen LogP contribution in [-0.2, 0) is 9.59 Å². The second-order valence-electron chi connectivity index (χ2n) is 4.58. The number of thiocarbonyl (C=S) groups is 1. The van der Waals surface area contributed by atoms with E-state index in [-0.39, 0.29) is 16.4 Å². The molecule has 2 amide bonds. The van der Waals surface area contributed by atoms with Crippen LogP contribution in [0.1, 0.15) is 5.76 Å². The van der Waals surface area contributed by atoms with Crippen LogP contribution in [0.3, 0.4) is 0 Å². The van der Waals surface area contributed by atoms with Gasteiger partial charge < -0.3 is 4.42 Å². The molecule has 0 saturated carbocycles. The molecule has 0 atom stereocenters. The van der Waals surface area contributed by atoms with Gasteiger partial charge in [0, 0.05) is 0 Å². The van der Waals surface area contributed by atoms with Crippen LogP contribution >= 0.6 is 34.8 Å². The average molecular weight is 442 g/mol. The molecule has 5 nitrogen and oxygen atoms in total. The van der Waals surface area contributed by atoms with Gasteiger partial charge in [-0.25, -0.2) is 4.39 Å². The molecule has 2 heterocycles. The van der Waals surface area contributed by atoms with Gasteiger partial charge in [0.1, 0.15) is 17.2 Å². The molecule has 0 aliphatic carbocycles. The van der Waals surface area contributed by atoms with E-state index < -0.39 is 17.6 Å². The summed E-state index contributed by atoms with van der Waals surface area (Å²) in [5.74, 6) is -1.42. The van der Waals surface area contributed by atoms with E-state index in [1.165, 1.54) is 24.3 Å². The topological polar surface area (TPSA) is 62.6 Å². The van der Waals surface area contributed by atoms with Crippen molar-refractivity contribution in [2.75, 3.05) is 4.90 Å². The zero-order valence-corrected chi connectivity index (χ0v) is 14.4. The molecule has 0 unspecified atom stereocenters. The summed E-state index contributed by atoms with van der Waals surface area (Å²) >= 11 is 7.00. The van der Waals surface area contributed by atoms with Crippen LogP contribution in [-0.4, -0.2) is 16.9 Å². The number of rotatable bonds is 2. The Labute approximate surface area is 149 Å². The fourth-order valence-electron chi connectivity index (χ4n) is 2.06. The van der Waals surface area contributed by atoms with Crippen LogP contribution in [0.25, 0.3) is 6.08 Å². The lowest BCUT2D eigenvalue weighted by Crippen LogP contribution is -2.54. The molecule has 1 aromatic carbocycles. The highest BCUT2D eigenvalue weighted by molar-refractivity contribution is 14.1. The Morgan fingerprint density at radius 2 is 2.04 bits per heavy atom. The first kappa shape index (κ1) is 15.8. The largest absolute Gasteiger partial charge is 0.451 e. The van der Waals surface area contributed by atoms with Crippen molar-refractivity contribution in [3.05, 3.63) is 57.3 Å². The van der Waals surface area contributed by atoms with Crippen molar-refractivity contribution < 1.29 is 18.4 Å². The molecule has 1 aromatic heterocycles. The second-order valence-corrected chi connectivity index (χ2v) is 6.03. The number of anilines is 1. The number of hydrogen-bond acceptors (Lipinski definition) is 4. The number of furan rings is 1. The van der Waals surface area contributed by atoms with Crippen LogP contribution in [0.15, 0.2) is 46.4 Å². The molecule has 0 radical (unpaired) electrons. The number of hydrogen-bond donors (Lipinski definition) is 1. The van der Waals surface area contributed by atoms with E-state index in [2.05, 4.69) is 5.32 Å². The highest BCUT2D eigenvalue weighted by Crippen LogP contribution is 2.23. The number of carbonyl (C=O) groups excluding carboxylic acids is 2. The first-order chi connectivity index (χ1) is 11.0.